The van der Waals surface area contributed by atoms with E-state index in [4.69, 9.17) is 5.73 Å². The van der Waals surface area contributed by atoms with Crippen LogP contribution in [0.2, 0.25) is 0 Å². The molecule has 1 aliphatic rings. The molecule has 0 bridgehead atoms. The van der Waals surface area contributed by atoms with Gasteiger partial charge in [-0.1, -0.05) is 27.7 Å². The molecule has 2 unspecified atom stereocenters. The molecule has 1 saturated heterocycles. The van der Waals surface area contributed by atoms with Crippen LogP contribution in [-0.2, 0) is 7.05 Å². The minimum Gasteiger partial charge on any atom is -0.394 e. The highest BCUT2D eigenvalue weighted by atomic mass is 15.4. The zero-order chi connectivity index (χ0) is 12.7. The lowest BCUT2D eigenvalue weighted by Gasteiger charge is -2.19. The van der Waals surface area contributed by atoms with Gasteiger partial charge in [-0.15, -0.1) is 0 Å². The lowest BCUT2D eigenvalue weighted by Crippen LogP contribution is -2.23. The third-order valence-corrected chi connectivity index (χ3v) is 3.92. The van der Waals surface area contributed by atoms with Crippen LogP contribution in [0.1, 0.15) is 39.3 Å². The summed E-state index contributed by atoms with van der Waals surface area (Å²) >= 11 is 0. The number of anilines is 2. The van der Waals surface area contributed by atoms with Crippen LogP contribution in [0.4, 0.5) is 11.5 Å². The normalized spacial score (nSPS) is 24.9. The summed E-state index contributed by atoms with van der Waals surface area (Å²) in [7, 11) is 1.99. The van der Waals surface area contributed by atoms with Crippen molar-refractivity contribution in [1.29, 1.82) is 0 Å². The second-order valence-corrected chi connectivity index (χ2v) is 5.76. The van der Waals surface area contributed by atoms with Crippen LogP contribution in [0.15, 0.2) is 0 Å². The van der Waals surface area contributed by atoms with Crippen molar-refractivity contribution in [1.82, 2.24) is 9.78 Å². The predicted molar refractivity (Wildman–Crippen MR) is 72.3 cm³/mol. The molecule has 2 N–H and O–H groups in total. The minimum atomic E-state index is 0.382. The van der Waals surface area contributed by atoms with Gasteiger partial charge < -0.3 is 10.6 Å². The Morgan fingerprint density at radius 2 is 1.76 bits per heavy atom. The smallest absolute Gasteiger partial charge is 0.150 e. The first-order valence-electron chi connectivity index (χ1n) is 6.49. The van der Waals surface area contributed by atoms with E-state index in [2.05, 4.69) is 37.7 Å². The fourth-order valence-electron chi connectivity index (χ4n) is 2.66. The highest BCUT2D eigenvalue weighted by Crippen LogP contribution is 2.35. The Balaban J connectivity index is 2.33. The SMILES string of the molecule is CC(C)c1nn(C)c(N2CC(C)C(C)C2)c1N. The number of hydrogen-bond acceptors (Lipinski definition) is 3. The second kappa shape index (κ2) is 4.24. The fraction of sp³-hybridized carbons (Fsp3) is 0.769. The quantitative estimate of drug-likeness (QED) is 0.856. The number of aromatic nitrogens is 2. The van der Waals surface area contributed by atoms with Crippen LogP contribution in [0.5, 0.6) is 0 Å². The molecule has 4 nitrogen and oxygen atoms in total. The van der Waals surface area contributed by atoms with Gasteiger partial charge in [0.05, 0.1) is 11.4 Å². The first-order valence-corrected chi connectivity index (χ1v) is 6.49. The Hall–Kier alpha value is -1.19. The molecule has 2 heterocycles. The molecule has 2 rings (SSSR count). The fourth-order valence-corrected chi connectivity index (χ4v) is 2.66. The summed E-state index contributed by atoms with van der Waals surface area (Å²) in [5.41, 5.74) is 8.14. The molecule has 96 valence electrons. The number of aryl methyl sites for hydroxylation is 1. The molecule has 2 atom stereocenters. The van der Waals surface area contributed by atoms with E-state index in [0.29, 0.717) is 5.92 Å². The molecule has 0 amide bonds. The van der Waals surface area contributed by atoms with E-state index in [0.717, 1.165) is 42.1 Å². The molecule has 4 heteroatoms. The van der Waals surface area contributed by atoms with E-state index >= 15 is 0 Å². The molecule has 0 spiro atoms. The van der Waals surface area contributed by atoms with E-state index < -0.39 is 0 Å². The molecule has 0 aliphatic carbocycles. The molecule has 0 aromatic carbocycles. The van der Waals surface area contributed by atoms with Gasteiger partial charge in [-0.05, 0) is 17.8 Å². The summed E-state index contributed by atoms with van der Waals surface area (Å²) in [5.74, 6) is 2.94. The van der Waals surface area contributed by atoms with Crippen molar-refractivity contribution >= 4 is 11.5 Å². The Morgan fingerprint density at radius 3 is 2.18 bits per heavy atom. The van der Waals surface area contributed by atoms with E-state index in [9.17, 15) is 0 Å². The lowest BCUT2D eigenvalue weighted by atomic mass is 10.0. The Morgan fingerprint density at radius 1 is 1.24 bits per heavy atom. The van der Waals surface area contributed by atoms with Gasteiger partial charge in [-0.3, -0.25) is 4.68 Å². The van der Waals surface area contributed by atoms with Crippen molar-refractivity contribution in [2.24, 2.45) is 18.9 Å². The summed E-state index contributed by atoms with van der Waals surface area (Å²) < 4.78 is 1.94. The molecule has 17 heavy (non-hydrogen) atoms. The van der Waals surface area contributed by atoms with Gasteiger partial charge in [0.1, 0.15) is 5.82 Å². The Bertz CT molecular complexity index is 398. The Kier molecular flexibility index (Phi) is 3.06. The molecule has 1 aromatic heterocycles. The predicted octanol–water partition coefficient (Wildman–Crippen LogP) is 2.22. The van der Waals surface area contributed by atoms with E-state index in [1.54, 1.807) is 0 Å². The molecule has 1 fully saturated rings. The van der Waals surface area contributed by atoms with E-state index in [1.807, 2.05) is 11.7 Å². The lowest BCUT2D eigenvalue weighted by molar-refractivity contribution is 0.494. The standard InChI is InChI=1S/C13H24N4/c1-8(2)12-11(14)13(16(5)15-12)17-6-9(3)10(4)7-17/h8-10H,6-7,14H2,1-5H3. The summed E-state index contributed by atoms with van der Waals surface area (Å²) in [4.78, 5) is 2.38. The monoisotopic (exact) mass is 236 g/mol. The third kappa shape index (κ3) is 2.01. The van der Waals surface area contributed by atoms with Gasteiger partial charge >= 0.3 is 0 Å². The van der Waals surface area contributed by atoms with Gasteiger partial charge in [-0.2, -0.15) is 5.10 Å². The largest absolute Gasteiger partial charge is 0.394 e. The molecular weight excluding hydrogens is 212 g/mol. The maximum atomic E-state index is 6.25. The van der Waals surface area contributed by atoms with Gasteiger partial charge in [0.15, 0.2) is 0 Å². The van der Waals surface area contributed by atoms with Crippen LogP contribution in [-0.4, -0.2) is 22.9 Å². The van der Waals surface area contributed by atoms with Crippen molar-refractivity contribution in [2.45, 2.75) is 33.6 Å². The topological polar surface area (TPSA) is 47.1 Å². The Labute approximate surface area is 104 Å². The molecule has 0 saturated carbocycles. The van der Waals surface area contributed by atoms with Crippen LogP contribution in [0.25, 0.3) is 0 Å². The average Bonchev–Trinajstić information content (AvgIpc) is 2.69. The molecule has 1 aromatic rings. The molecular formula is C13H24N4. The maximum absolute atomic E-state index is 6.25. The first kappa shape index (κ1) is 12.3. The van der Waals surface area contributed by atoms with Gasteiger partial charge in [0, 0.05) is 20.1 Å². The molecule has 1 aliphatic heterocycles. The second-order valence-electron chi connectivity index (χ2n) is 5.76. The summed E-state index contributed by atoms with van der Waals surface area (Å²) in [5, 5.41) is 4.55. The summed E-state index contributed by atoms with van der Waals surface area (Å²) in [6.07, 6.45) is 0. The van der Waals surface area contributed by atoms with Crippen LogP contribution >= 0.6 is 0 Å². The van der Waals surface area contributed by atoms with Gasteiger partial charge in [-0.25, -0.2) is 0 Å². The van der Waals surface area contributed by atoms with Gasteiger partial charge in [0.25, 0.3) is 0 Å². The summed E-state index contributed by atoms with van der Waals surface area (Å²) in [6.45, 7) is 11.1. The van der Waals surface area contributed by atoms with Crippen LogP contribution in [0, 0.1) is 11.8 Å². The number of nitrogens with two attached hydrogens (primary N) is 1. The zero-order valence-corrected chi connectivity index (χ0v) is 11.6. The van der Waals surface area contributed by atoms with Crippen molar-refractivity contribution in [3.63, 3.8) is 0 Å². The van der Waals surface area contributed by atoms with E-state index in [-0.39, 0.29) is 0 Å². The minimum absolute atomic E-state index is 0.382. The van der Waals surface area contributed by atoms with Crippen LogP contribution in [0.3, 0.4) is 0 Å². The van der Waals surface area contributed by atoms with Gasteiger partial charge in [0.2, 0.25) is 0 Å². The van der Waals surface area contributed by atoms with Crippen molar-refractivity contribution in [3.8, 4) is 0 Å². The molecule has 0 radical (unpaired) electrons. The first-order chi connectivity index (χ1) is 7.91. The van der Waals surface area contributed by atoms with Crippen molar-refractivity contribution in [2.75, 3.05) is 23.7 Å². The van der Waals surface area contributed by atoms with Crippen LogP contribution < -0.4 is 10.6 Å². The average molecular weight is 236 g/mol. The third-order valence-electron chi connectivity index (χ3n) is 3.92. The highest BCUT2D eigenvalue weighted by Gasteiger charge is 2.30. The highest BCUT2D eigenvalue weighted by molar-refractivity contribution is 5.67. The van der Waals surface area contributed by atoms with Crippen molar-refractivity contribution < 1.29 is 0 Å². The number of nitrogens with zero attached hydrogens (tertiary/aromatic N) is 3. The maximum Gasteiger partial charge on any atom is 0.150 e. The summed E-state index contributed by atoms with van der Waals surface area (Å²) in [6, 6.07) is 0. The zero-order valence-electron chi connectivity index (χ0n) is 11.6. The number of hydrogen-bond donors (Lipinski definition) is 1. The van der Waals surface area contributed by atoms with Crippen molar-refractivity contribution in [3.05, 3.63) is 5.69 Å². The van der Waals surface area contributed by atoms with E-state index in [1.165, 1.54) is 0 Å². The number of nitrogen functional groups attached to an aromatic ring is 1. The number of rotatable bonds is 2.